The van der Waals surface area contributed by atoms with Gasteiger partial charge >= 0.3 is 0 Å². The monoisotopic (exact) mass is 277 g/mol. The molecule has 0 saturated heterocycles. The highest BCUT2D eigenvalue weighted by atomic mass is 32.1. The number of amides is 1. The van der Waals surface area contributed by atoms with Gasteiger partial charge in [0, 0.05) is 0 Å². The summed E-state index contributed by atoms with van der Waals surface area (Å²) in [6, 6.07) is 6.83. The van der Waals surface area contributed by atoms with Crippen molar-refractivity contribution >= 4 is 23.0 Å². The third-order valence-corrected chi connectivity index (χ3v) is 3.90. The first-order chi connectivity index (χ1) is 8.97. The smallest absolute Gasteiger partial charge is 0.261 e. The predicted molar refractivity (Wildman–Crippen MR) is 73.6 cm³/mol. The van der Waals surface area contributed by atoms with Crippen molar-refractivity contribution in [3.63, 3.8) is 0 Å². The minimum Gasteiger partial charge on any atom is -0.464 e. The van der Waals surface area contributed by atoms with Gasteiger partial charge in [0.05, 0.1) is 15.8 Å². The molecule has 0 aliphatic rings. The molecule has 2 rings (SSSR count). The highest BCUT2D eigenvalue weighted by molar-refractivity contribution is 7.15. The minimum atomic E-state index is -0.205. The molecule has 0 bridgehead atoms. The molecule has 0 fully saturated rings. The fourth-order valence-electron chi connectivity index (χ4n) is 1.67. The Balaban J connectivity index is 2.06. The summed E-state index contributed by atoms with van der Waals surface area (Å²) in [5.74, 6) is 1.30. The molecule has 0 aliphatic heterocycles. The van der Waals surface area contributed by atoms with Gasteiger partial charge in [0.25, 0.3) is 5.91 Å². The first-order valence-electron chi connectivity index (χ1n) is 5.95. The molecular weight excluding hydrogens is 262 g/mol. The first-order valence-corrected chi connectivity index (χ1v) is 6.77. The molecule has 2 heterocycles. The zero-order chi connectivity index (χ0) is 14.0. The Kier molecular flexibility index (Phi) is 3.85. The Hall–Kier alpha value is -1.88. The highest BCUT2D eigenvalue weighted by Crippen LogP contribution is 2.20. The number of carbonyl (C=O) groups is 2. The Morgan fingerprint density at radius 2 is 1.89 bits per heavy atom. The van der Waals surface area contributed by atoms with Gasteiger partial charge in [0.2, 0.25) is 0 Å². The predicted octanol–water partition coefficient (Wildman–Crippen LogP) is 3.34. The van der Waals surface area contributed by atoms with Crippen LogP contribution < -0.4 is 5.32 Å². The quantitative estimate of drug-likeness (QED) is 0.872. The lowest BCUT2D eigenvalue weighted by atomic mass is 10.2. The molecule has 100 valence electrons. The van der Waals surface area contributed by atoms with Crippen molar-refractivity contribution in [2.75, 3.05) is 0 Å². The van der Waals surface area contributed by atoms with Crippen LogP contribution in [0.3, 0.4) is 0 Å². The van der Waals surface area contributed by atoms with E-state index in [2.05, 4.69) is 5.32 Å². The van der Waals surface area contributed by atoms with Crippen LogP contribution in [-0.4, -0.2) is 11.7 Å². The van der Waals surface area contributed by atoms with Crippen molar-refractivity contribution in [3.8, 4) is 0 Å². The van der Waals surface area contributed by atoms with E-state index in [0.717, 1.165) is 5.76 Å². The largest absolute Gasteiger partial charge is 0.464 e. The zero-order valence-electron chi connectivity index (χ0n) is 11.0. The Bertz CT molecular complexity index is 612. The maximum atomic E-state index is 12.0. The van der Waals surface area contributed by atoms with Crippen LogP contribution in [0, 0.1) is 6.92 Å². The van der Waals surface area contributed by atoms with Gasteiger partial charge in [-0.3, -0.25) is 9.59 Å². The van der Waals surface area contributed by atoms with E-state index in [1.165, 1.54) is 18.3 Å². The van der Waals surface area contributed by atoms with E-state index in [0.29, 0.717) is 15.5 Å². The van der Waals surface area contributed by atoms with Crippen LogP contribution >= 0.6 is 11.3 Å². The summed E-state index contributed by atoms with van der Waals surface area (Å²) in [6.07, 6.45) is 0. The molecule has 1 amide bonds. The molecule has 1 atom stereocenters. The SMILES string of the molecule is CC(=O)c1ccc(C(=O)NC(C)c2ccc(C)o2)s1. The zero-order valence-corrected chi connectivity index (χ0v) is 11.8. The summed E-state index contributed by atoms with van der Waals surface area (Å²) in [7, 11) is 0. The Morgan fingerprint density at radius 1 is 1.21 bits per heavy atom. The summed E-state index contributed by atoms with van der Waals surface area (Å²) in [5.41, 5.74) is 0. The number of hydrogen-bond acceptors (Lipinski definition) is 4. The molecule has 4 nitrogen and oxygen atoms in total. The summed E-state index contributed by atoms with van der Waals surface area (Å²) in [4.78, 5) is 24.3. The number of Topliss-reactive ketones (excluding diaryl/α,β-unsaturated/α-hetero) is 1. The van der Waals surface area contributed by atoms with Crippen molar-refractivity contribution in [1.82, 2.24) is 5.32 Å². The summed E-state index contributed by atoms with van der Waals surface area (Å²) in [5, 5.41) is 2.84. The number of thiophene rings is 1. The molecule has 2 aromatic rings. The molecule has 2 aromatic heterocycles. The van der Waals surface area contributed by atoms with Crippen molar-refractivity contribution < 1.29 is 14.0 Å². The molecule has 0 spiro atoms. The maximum Gasteiger partial charge on any atom is 0.261 e. The molecule has 1 unspecified atom stereocenters. The third-order valence-electron chi connectivity index (χ3n) is 2.71. The Labute approximate surface area is 115 Å². The second-order valence-electron chi connectivity index (χ2n) is 4.36. The maximum absolute atomic E-state index is 12.0. The second-order valence-corrected chi connectivity index (χ2v) is 5.45. The van der Waals surface area contributed by atoms with Gasteiger partial charge in [-0.05, 0) is 45.0 Å². The van der Waals surface area contributed by atoms with Gasteiger partial charge in [-0.2, -0.15) is 0 Å². The van der Waals surface area contributed by atoms with Crippen LogP contribution in [0.15, 0.2) is 28.7 Å². The topological polar surface area (TPSA) is 59.3 Å². The number of ketones is 1. The Morgan fingerprint density at radius 3 is 2.42 bits per heavy atom. The number of furan rings is 1. The lowest BCUT2D eigenvalue weighted by molar-refractivity contribution is 0.0938. The normalized spacial score (nSPS) is 12.2. The van der Waals surface area contributed by atoms with E-state index < -0.39 is 0 Å². The molecule has 5 heteroatoms. The van der Waals surface area contributed by atoms with Crippen molar-refractivity contribution in [2.24, 2.45) is 0 Å². The standard InChI is InChI=1S/C14H15NO3S/c1-8-4-5-11(18-8)9(2)15-14(17)13-7-6-12(19-13)10(3)16/h4-7,9H,1-3H3,(H,15,17). The van der Waals surface area contributed by atoms with Crippen LogP contribution in [0.2, 0.25) is 0 Å². The summed E-state index contributed by atoms with van der Waals surface area (Å²) >= 11 is 1.20. The fraction of sp³-hybridized carbons (Fsp3) is 0.286. The molecule has 0 aromatic carbocycles. The average molecular weight is 277 g/mol. The van der Waals surface area contributed by atoms with Crippen molar-refractivity contribution in [2.45, 2.75) is 26.8 Å². The molecule has 0 radical (unpaired) electrons. The van der Waals surface area contributed by atoms with E-state index in [4.69, 9.17) is 4.42 Å². The lowest BCUT2D eigenvalue weighted by Crippen LogP contribution is -2.25. The van der Waals surface area contributed by atoms with E-state index in [9.17, 15) is 9.59 Å². The van der Waals surface area contributed by atoms with Gasteiger partial charge in [0.1, 0.15) is 11.5 Å². The van der Waals surface area contributed by atoms with Crippen LogP contribution in [0.1, 0.15) is 50.8 Å². The molecule has 0 saturated carbocycles. The lowest BCUT2D eigenvalue weighted by Gasteiger charge is -2.10. The summed E-state index contributed by atoms with van der Waals surface area (Å²) in [6.45, 7) is 5.20. The van der Waals surface area contributed by atoms with Crippen molar-refractivity contribution in [1.29, 1.82) is 0 Å². The van der Waals surface area contributed by atoms with Gasteiger partial charge in [-0.15, -0.1) is 11.3 Å². The molecule has 1 N–H and O–H groups in total. The average Bonchev–Trinajstić information content (AvgIpc) is 2.96. The van der Waals surface area contributed by atoms with Gasteiger partial charge in [0.15, 0.2) is 5.78 Å². The molecule has 0 aliphatic carbocycles. The van der Waals surface area contributed by atoms with E-state index in [1.54, 1.807) is 12.1 Å². The fourth-order valence-corrected chi connectivity index (χ4v) is 2.48. The molecule has 19 heavy (non-hydrogen) atoms. The number of hydrogen-bond donors (Lipinski definition) is 1. The highest BCUT2D eigenvalue weighted by Gasteiger charge is 2.16. The van der Waals surface area contributed by atoms with Crippen LogP contribution in [-0.2, 0) is 0 Å². The number of rotatable bonds is 4. The van der Waals surface area contributed by atoms with E-state index in [1.807, 2.05) is 26.0 Å². The minimum absolute atomic E-state index is 0.0289. The first kappa shape index (κ1) is 13.5. The van der Waals surface area contributed by atoms with Crippen LogP contribution in [0.25, 0.3) is 0 Å². The number of carbonyl (C=O) groups excluding carboxylic acids is 2. The van der Waals surface area contributed by atoms with E-state index >= 15 is 0 Å². The van der Waals surface area contributed by atoms with E-state index in [-0.39, 0.29) is 17.7 Å². The van der Waals surface area contributed by atoms with Gasteiger partial charge < -0.3 is 9.73 Å². The van der Waals surface area contributed by atoms with Gasteiger partial charge in [-0.1, -0.05) is 0 Å². The van der Waals surface area contributed by atoms with Crippen LogP contribution in [0.4, 0.5) is 0 Å². The van der Waals surface area contributed by atoms with Crippen LogP contribution in [0.5, 0.6) is 0 Å². The third kappa shape index (κ3) is 3.12. The number of aryl methyl sites for hydroxylation is 1. The summed E-state index contributed by atoms with van der Waals surface area (Å²) < 4.78 is 5.46. The number of nitrogens with one attached hydrogen (secondary N) is 1. The van der Waals surface area contributed by atoms with Gasteiger partial charge in [-0.25, -0.2) is 0 Å². The molecular formula is C14H15NO3S. The van der Waals surface area contributed by atoms with Crippen molar-refractivity contribution in [3.05, 3.63) is 45.5 Å². The second kappa shape index (κ2) is 5.40.